The molecule has 0 bridgehead atoms. The fourth-order valence-corrected chi connectivity index (χ4v) is 4.09. The lowest BCUT2D eigenvalue weighted by Gasteiger charge is -2.13. The van der Waals surface area contributed by atoms with Crippen LogP contribution in [0.25, 0.3) is 21.5 Å². The van der Waals surface area contributed by atoms with Crippen molar-refractivity contribution in [2.45, 2.75) is 13.1 Å². The Balaban J connectivity index is 2.56. The normalized spacial score (nSPS) is 11.5. The van der Waals surface area contributed by atoms with Crippen molar-refractivity contribution < 1.29 is 0 Å². The Bertz CT molecular complexity index is 629. The van der Waals surface area contributed by atoms with E-state index in [-0.39, 0.29) is 0 Å². The highest BCUT2D eigenvalue weighted by Gasteiger charge is 2.10. The first-order chi connectivity index (χ1) is 8.27. The van der Waals surface area contributed by atoms with Crippen LogP contribution in [0.5, 0.6) is 0 Å². The third kappa shape index (κ3) is 1.67. The van der Waals surface area contributed by atoms with Crippen molar-refractivity contribution in [1.29, 1.82) is 0 Å². The molecule has 3 aromatic carbocycles. The topological polar surface area (TPSA) is 0 Å². The van der Waals surface area contributed by atoms with Gasteiger partial charge in [0.15, 0.2) is 0 Å². The Kier molecular flexibility index (Phi) is 2.48. The van der Waals surface area contributed by atoms with Gasteiger partial charge in [-0.15, -0.1) is 0 Å². The van der Waals surface area contributed by atoms with Crippen LogP contribution in [0.4, 0.5) is 0 Å². The molecule has 0 atom stereocenters. The van der Waals surface area contributed by atoms with Crippen LogP contribution in [0.2, 0.25) is 13.1 Å². The first kappa shape index (κ1) is 10.5. The van der Waals surface area contributed by atoms with Gasteiger partial charge in [0.05, 0.1) is 8.80 Å². The van der Waals surface area contributed by atoms with Gasteiger partial charge in [0.2, 0.25) is 0 Å². The van der Waals surface area contributed by atoms with Gasteiger partial charge in [-0.05, 0) is 32.8 Å². The Hall–Kier alpha value is -1.60. The standard InChI is InChI=1S/C16H15Si/c1-17(2)16-14-9-5-3-7-12(14)11-13-8-4-6-10-15(13)16/h3-11H,1-2H3. The van der Waals surface area contributed by atoms with Crippen LogP contribution in [0, 0.1) is 0 Å². The average Bonchev–Trinajstić information content (AvgIpc) is 2.35. The molecule has 0 heterocycles. The van der Waals surface area contributed by atoms with Crippen molar-refractivity contribution in [3.05, 3.63) is 54.6 Å². The third-order valence-electron chi connectivity index (χ3n) is 3.27. The Morgan fingerprint density at radius 2 is 1.18 bits per heavy atom. The summed E-state index contributed by atoms with van der Waals surface area (Å²) in [7, 11) is -0.462. The van der Waals surface area contributed by atoms with Crippen LogP contribution in [0.3, 0.4) is 0 Å². The summed E-state index contributed by atoms with van der Waals surface area (Å²) in [6, 6.07) is 19.8. The average molecular weight is 235 g/mol. The van der Waals surface area contributed by atoms with E-state index in [4.69, 9.17) is 0 Å². The summed E-state index contributed by atoms with van der Waals surface area (Å²) in [6.07, 6.45) is 0. The molecule has 0 nitrogen and oxygen atoms in total. The molecule has 0 aliphatic carbocycles. The SMILES string of the molecule is C[Si](C)c1c2ccccc2cc2ccccc12. The second-order valence-corrected chi connectivity index (χ2v) is 7.19. The van der Waals surface area contributed by atoms with Crippen molar-refractivity contribution in [3.8, 4) is 0 Å². The van der Waals surface area contributed by atoms with Crippen molar-refractivity contribution in [3.63, 3.8) is 0 Å². The van der Waals surface area contributed by atoms with Crippen LogP contribution < -0.4 is 5.19 Å². The van der Waals surface area contributed by atoms with Gasteiger partial charge in [-0.1, -0.05) is 61.6 Å². The molecule has 0 aliphatic rings. The van der Waals surface area contributed by atoms with E-state index in [0.29, 0.717) is 0 Å². The molecular formula is C16H15Si. The lowest BCUT2D eigenvalue weighted by molar-refractivity contribution is 1.77. The molecule has 0 unspecified atom stereocenters. The van der Waals surface area contributed by atoms with Crippen LogP contribution in [-0.4, -0.2) is 8.80 Å². The first-order valence-electron chi connectivity index (χ1n) is 5.98. The molecule has 0 saturated carbocycles. The zero-order chi connectivity index (χ0) is 11.8. The van der Waals surface area contributed by atoms with E-state index in [9.17, 15) is 0 Å². The number of hydrogen-bond acceptors (Lipinski definition) is 0. The lowest BCUT2D eigenvalue weighted by Crippen LogP contribution is -2.24. The molecule has 0 N–H and O–H groups in total. The molecule has 1 heteroatoms. The van der Waals surface area contributed by atoms with E-state index < -0.39 is 8.80 Å². The second-order valence-electron chi connectivity index (χ2n) is 4.69. The van der Waals surface area contributed by atoms with Gasteiger partial charge in [-0.2, -0.15) is 0 Å². The van der Waals surface area contributed by atoms with E-state index in [1.165, 1.54) is 21.5 Å². The van der Waals surface area contributed by atoms with Gasteiger partial charge in [-0.3, -0.25) is 0 Å². The second kappa shape index (κ2) is 4.01. The third-order valence-corrected chi connectivity index (χ3v) is 4.81. The highest BCUT2D eigenvalue weighted by atomic mass is 28.3. The van der Waals surface area contributed by atoms with Crippen LogP contribution in [0.1, 0.15) is 0 Å². The molecule has 3 rings (SSSR count). The Morgan fingerprint density at radius 1 is 0.706 bits per heavy atom. The maximum absolute atomic E-state index is 2.37. The smallest absolute Gasteiger partial charge is 0.0670 e. The molecule has 0 saturated heterocycles. The Labute approximate surface area is 104 Å². The van der Waals surface area contributed by atoms with Crippen molar-refractivity contribution in [2.75, 3.05) is 0 Å². The molecule has 0 aliphatic heterocycles. The Morgan fingerprint density at radius 3 is 1.65 bits per heavy atom. The summed E-state index contributed by atoms with van der Waals surface area (Å²) in [6.45, 7) is 4.75. The summed E-state index contributed by atoms with van der Waals surface area (Å²) in [4.78, 5) is 0. The van der Waals surface area contributed by atoms with Crippen molar-refractivity contribution in [2.24, 2.45) is 0 Å². The quantitative estimate of drug-likeness (QED) is 0.442. The van der Waals surface area contributed by atoms with Gasteiger partial charge >= 0.3 is 0 Å². The largest absolute Gasteiger partial charge is 0.0808 e. The predicted octanol–water partition coefficient (Wildman–Crippen LogP) is 3.95. The molecule has 17 heavy (non-hydrogen) atoms. The van der Waals surface area contributed by atoms with Gasteiger partial charge in [0.25, 0.3) is 0 Å². The van der Waals surface area contributed by atoms with Gasteiger partial charge in [0.1, 0.15) is 0 Å². The summed E-state index contributed by atoms with van der Waals surface area (Å²) >= 11 is 0. The number of hydrogen-bond donors (Lipinski definition) is 0. The summed E-state index contributed by atoms with van der Waals surface area (Å²) in [5.41, 5.74) is 0. The number of fused-ring (bicyclic) bond motifs is 2. The fraction of sp³-hybridized carbons (Fsp3) is 0.125. The van der Waals surface area contributed by atoms with Gasteiger partial charge in [-0.25, -0.2) is 0 Å². The van der Waals surface area contributed by atoms with E-state index in [0.717, 1.165) is 0 Å². The van der Waals surface area contributed by atoms with E-state index in [1.54, 1.807) is 5.19 Å². The maximum Gasteiger partial charge on any atom is 0.0808 e. The zero-order valence-electron chi connectivity index (χ0n) is 10.2. The van der Waals surface area contributed by atoms with Crippen LogP contribution in [0.15, 0.2) is 54.6 Å². The fourth-order valence-electron chi connectivity index (χ4n) is 2.55. The van der Waals surface area contributed by atoms with Gasteiger partial charge in [0, 0.05) is 0 Å². The number of rotatable bonds is 1. The molecule has 83 valence electrons. The highest BCUT2D eigenvalue weighted by Crippen LogP contribution is 2.21. The van der Waals surface area contributed by atoms with Crippen LogP contribution in [-0.2, 0) is 0 Å². The van der Waals surface area contributed by atoms with Crippen molar-refractivity contribution >= 4 is 35.5 Å². The summed E-state index contributed by atoms with van der Waals surface area (Å²) < 4.78 is 0. The molecular weight excluding hydrogens is 220 g/mol. The predicted molar refractivity (Wildman–Crippen MR) is 78.6 cm³/mol. The molecule has 0 aromatic heterocycles. The minimum absolute atomic E-state index is 0.462. The first-order valence-corrected chi connectivity index (χ1v) is 8.48. The molecule has 0 amide bonds. The molecule has 0 spiro atoms. The van der Waals surface area contributed by atoms with Gasteiger partial charge < -0.3 is 0 Å². The van der Waals surface area contributed by atoms with Crippen LogP contribution >= 0.6 is 0 Å². The lowest BCUT2D eigenvalue weighted by atomic mass is 10.0. The van der Waals surface area contributed by atoms with E-state index in [2.05, 4.69) is 67.7 Å². The molecule has 0 fully saturated rings. The molecule has 1 radical (unpaired) electrons. The van der Waals surface area contributed by atoms with E-state index >= 15 is 0 Å². The highest BCUT2D eigenvalue weighted by molar-refractivity contribution is 6.75. The summed E-state index contributed by atoms with van der Waals surface area (Å²) in [5, 5.41) is 7.18. The maximum atomic E-state index is 2.37. The number of benzene rings is 3. The minimum Gasteiger partial charge on any atom is -0.0670 e. The van der Waals surface area contributed by atoms with E-state index in [1.807, 2.05) is 0 Å². The monoisotopic (exact) mass is 235 g/mol. The minimum atomic E-state index is -0.462. The molecule has 3 aromatic rings. The van der Waals surface area contributed by atoms with Crippen molar-refractivity contribution in [1.82, 2.24) is 0 Å². The zero-order valence-corrected chi connectivity index (χ0v) is 11.2. The summed E-state index contributed by atoms with van der Waals surface area (Å²) in [5.74, 6) is 0.